The molecule has 156 valence electrons. The first-order valence-corrected chi connectivity index (χ1v) is 10.9. The molecule has 1 saturated heterocycles. The largest absolute Gasteiger partial charge is 0.497 e. The Labute approximate surface area is 177 Å². The molecular formula is C25H29N3O2. The van der Waals surface area contributed by atoms with Crippen LogP contribution in [0.25, 0.3) is 10.9 Å². The number of aromatic amines is 1. The van der Waals surface area contributed by atoms with E-state index in [0.717, 1.165) is 61.4 Å². The molecule has 3 aromatic rings. The molecule has 0 radical (unpaired) electrons. The molecule has 1 fully saturated rings. The molecular weight excluding hydrogens is 374 g/mol. The van der Waals surface area contributed by atoms with E-state index in [4.69, 9.17) is 4.74 Å². The van der Waals surface area contributed by atoms with Crippen LogP contribution in [0.4, 0.5) is 0 Å². The van der Waals surface area contributed by atoms with Gasteiger partial charge in [0, 0.05) is 43.3 Å². The fourth-order valence-corrected chi connectivity index (χ4v) is 5.09. The quantitative estimate of drug-likeness (QED) is 0.674. The van der Waals surface area contributed by atoms with Gasteiger partial charge in [-0.25, -0.2) is 0 Å². The third-order valence-electron chi connectivity index (χ3n) is 6.60. The van der Waals surface area contributed by atoms with Crippen LogP contribution in [-0.2, 0) is 13.0 Å². The minimum atomic E-state index is 0.174. The Morgan fingerprint density at radius 3 is 3.00 bits per heavy atom. The van der Waals surface area contributed by atoms with Crippen LogP contribution < -0.4 is 4.74 Å². The maximum Gasteiger partial charge on any atom is 0.256 e. The summed E-state index contributed by atoms with van der Waals surface area (Å²) in [5.41, 5.74) is 4.47. The zero-order valence-electron chi connectivity index (χ0n) is 17.6. The summed E-state index contributed by atoms with van der Waals surface area (Å²) in [5.74, 6) is 1.63. The molecule has 1 aromatic heterocycles. The molecule has 2 aliphatic rings. The van der Waals surface area contributed by atoms with Crippen molar-refractivity contribution in [3.05, 3.63) is 65.4 Å². The summed E-state index contributed by atoms with van der Waals surface area (Å²) < 4.78 is 5.34. The maximum absolute atomic E-state index is 13.1. The fourth-order valence-electron chi connectivity index (χ4n) is 5.09. The smallest absolute Gasteiger partial charge is 0.256 e. The van der Waals surface area contributed by atoms with Gasteiger partial charge in [0.2, 0.25) is 0 Å². The Balaban J connectivity index is 1.21. The van der Waals surface area contributed by atoms with Crippen molar-refractivity contribution in [1.29, 1.82) is 0 Å². The number of piperidine rings is 1. The molecule has 5 rings (SSSR count). The Morgan fingerprint density at radius 2 is 2.10 bits per heavy atom. The van der Waals surface area contributed by atoms with Crippen LogP contribution in [0, 0.1) is 5.92 Å². The zero-order chi connectivity index (χ0) is 20.5. The Kier molecular flexibility index (Phi) is 5.21. The number of hydrogen-bond donors (Lipinski definition) is 1. The van der Waals surface area contributed by atoms with Gasteiger partial charge < -0.3 is 19.5 Å². The normalized spacial score (nSPS) is 19.4. The van der Waals surface area contributed by atoms with Gasteiger partial charge in [-0.15, -0.1) is 0 Å². The lowest BCUT2D eigenvalue weighted by atomic mass is 9.94. The number of nitrogens with zero attached hydrogens (tertiary/aromatic N) is 2. The summed E-state index contributed by atoms with van der Waals surface area (Å²) in [4.78, 5) is 20.9. The summed E-state index contributed by atoms with van der Waals surface area (Å²) in [6.07, 6.45) is 5.31. The average molecular weight is 404 g/mol. The van der Waals surface area contributed by atoms with Gasteiger partial charge in [-0.1, -0.05) is 24.3 Å². The molecule has 2 aromatic carbocycles. The predicted octanol–water partition coefficient (Wildman–Crippen LogP) is 4.09. The van der Waals surface area contributed by atoms with Crippen molar-refractivity contribution in [2.75, 3.05) is 33.3 Å². The molecule has 1 unspecified atom stereocenters. The van der Waals surface area contributed by atoms with Crippen molar-refractivity contribution in [1.82, 2.24) is 14.8 Å². The highest BCUT2D eigenvalue weighted by Crippen LogP contribution is 2.31. The van der Waals surface area contributed by atoms with E-state index in [1.807, 2.05) is 18.3 Å². The van der Waals surface area contributed by atoms with E-state index in [1.54, 1.807) is 7.11 Å². The number of aromatic nitrogens is 1. The van der Waals surface area contributed by atoms with Crippen molar-refractivity contribution in [3.8, 4) is 5.75 Å². The molecule has 0 saturated carbocycles. The van der Waals surface area contributed by atoms with Crippen molar-refractivity contribution >= 4 is 16.8 Å². The number of hydrogen-bond acceptors (Lipinski definition) is 3. The number of likely N-dealkylation sites (tertiary alicyclic amines) is 1. The molecule has 1 atom stereocenters. The highest BCUT2D eigenvalue weighted by Gasteiger charge is 2.30. The second kappa shape index (κ2) is 8.15. The minimum absolute atomic E-state index is 0.174. The van der Waals surface area contributed by atoms with Gasteiger partial charge in [0.25, 0.3) is 5.91 Å². The number of ether oxygens (including phenoxy) is 1. The van der Waals surface area contributed by atoms with Crippen LogP contribution in [0.3, 0.4) is 0 Å². The van der Waals surface area contributed by atoms with Crippen LogP contribution in [0.2, 0.25) is 0 Å². The average Bonchev–Trinajstić information content (AvgIpc) is 3.22. The lowest BCUT2D eigenvalue weighted by Crippen LogP contribution is -2.44. The first kappa shape index (κ1) is 19.2. The molecule has 0 spiro atoms. The number of rotatable bonds is 6. The van der Waals surface area contributed by atoms with Gasteiger partial charge >= 0.3 is 0 Å². The number of amides is 1. The standard InChI is InChI=1S/C25H29N3O2/c1-30-21-8-2-5-18(13-21)10-12-27-11-4-6-19(15-27)16-28-17-20-7-3-9-23-24(20)22(14-26-23)25(28)29/h2-3,5,7-9,13-14,19,26H,4,6,10-12,15-17H2,1H3. The molecule has 5 nitrogen and oxygen atoms in total. The van der Waals surface area contributed by atoms with E-state index in [9.17, 15) is 4.79 Å². The Morgan fingerprint density at radius 1 is 1.20 bits per heavy atom. The highest BCUT2D eigenvalue weighted by atomic mass is 16.5. The fraction of sp³-hybridized carbons (Fsp3) is 0.400. The van der Waals surface area contributed by atoms with Crippen molar-refractivity contribution < 1.29 is 9.53 Å². The molecule has 1 N–H and O–H groups in total. The Bertz CT molecular complexity index is 1060. The van der Waals surface area contributed by atoms with Crippen LogP contribution in [0.1, 0.15) is 34.3 Å². The molecule has 1 amide bonds. The molecule has 0 bridgehead atoms. The van der Waals surface area contributed by atoms with E-state index in [2.05, 4.69) is 45.1 Å². The summed E-state index contributed by atoms with van der Waals surface area (Å²) in [6.45, 7) is 4.84. The monoisotopic (exact) mass is 403 g/mol. The van der Waals surface area contributed by atoms with E-state index in [-0.39, 0.29) is 5.91 Å². The van der Waals surface area contributed by atoms with Gasteiger partial charge in [0.1, 0.15) is 5.75 Å². The summed E-state index contributed by atoms with van der Waals surface area (Å²) in [6, 6.07) is 14.6. The molecule has 5 heteroatoms. The number of carbonyl (C=O) groups is 1. The van der Waals surface area contributed by atoms with Gasteiger partial charge in [0.15, 0.2) is 0 Å². The van der Waals surface area contributed by atoms with Gasteiger partial charge in [-0.3, -0.25) is 4.79 Å². The molecule has 3 heterocycles. The van der Waals surface area contributed by atoms with E-state index < -0.39 is 0 Å². The van der Waals surface area contributed by atoms with E-state index in [0.29, 0.717) is 5.92 Å². The van der Waals surface area contributed by atoms with E-state index in [1.165, 1.54) is 24.0 Å². The SMILES string of the molecule is COc1cccc(CCN2CCCC(CN3Cc4cccc5[nH]cc(c45)C3=O)C2)c1. The second-order valence-electron chi connectivity index (χ2n) is 8.64. The lowest BCUT2D eigenvalue weighted by molar-refractivity contribution is 0.0657. The van der Waals surface area contributed by atoms with Crippen LogP contribution >= 0.6 is 0 Å². The van der Waals surface area contributed by atoms with Crippen LogP contribution in [-0.4, -0.2) is 54.0 Å². The predicted molar refractivity (Wildman–Crippen MR) is 119 cm³/mol. The summed E-state index contributed by atoms with van der Waals surface area (Å²) in [5, 5.41) is 1.11. The van der Waals surface area contributed by atoms with Crippen molar-refractivity contribution in [3.63, 3.8) is 0 Å². The highest BCUT2D eigenvalue weighted by molar-refractivity contribution is 6.09. The first-order valence-electron chi connectivity index (χ1n) is 10.9. The Hall–Kier alpha value is -2.79. The van der Waals surface area contributed by atoms with Crippen LogP contribution in [0.15, 0.2) is 48.7 Å². The van der Waals surface area contributed by atoms with Crippen molar-refractivity contribution in [2.24, 2.45) is 5.92 Å². The van der Waals surface area contributed by atoms with Crippen molar-refractivity contribution in [2.45, 2.75) is 25.8 Å². The zero-order valence-corrected chi connectivity index (χ0v) is 17.6. The number of benzene rings is 2. The van der Waals surface area contributed by atoms with Gasteiger partial charge in [-0.05, 0) is 61.1 Å². The minimum Gasteiger partial charge on any atom is -0.497 e. The van der Waals surface area contributed by atoms with E-state index >= 15 is 0 Å². The third kappa shape index (κ3) is 3.70. The maximum atomic E-state index is 13.1. The molecule has 30 heavy (non-hydrogen) atoms. The number of nitrogens with one attached hydrogen (secondary N) is 1. The van der Waals surface area contributed by atoms with Crippen LogP contribution in [0.5, 0.6) is 5.75 Å². The van der Waals surface area contributed by atoms with Gasteiger partial charge in [-0.2, -0.15) is 0 Å². The first-order chi connectivity index (χ1) is 14.7. The topological polar surface area (TPSA) is 48.6 Å². The lowest BCUT2D eigenvalue weighted by Gasteiger charge is -2.36. The summed E-state index contributed by atoms with van der Waals surface area (Å²) >= 11 is 0. The summed E-state index contributed by atoms with van der Waals surface area (Å²) in [7, 11) is 1.72. The molecule has 2 aliphatic heterocycles. The number of methoxy groups -OCH3 is 1. The third-order valence-corrected chi connectivity index (χ3v) is 6.60. The number of carbonyl (C=O) groups excluding carboxylic acids is 1. The number of H-pyrrole nitrogens is 1. The molecule has 0 aliphatic carbocycles. The van der Waals surface area contributed by atoms with Gasteiger partial charge in [0.05, 0.1) is 12.7 Å². The second-order valence-corrected chi connectivity index (χ2v) is 8.64.